The predicted molar refractivity (Wildman–Crippen MR) is 71.5 cm³/mol. The summed E-state index contributed by atoms with van der Waals surface area (Å²) in [7, 11) is -5.66. The predicted octanol–water partition coefficient (Wildman–Crippen LogP) is 3.95. The van der Waals surface area contributed by atoms with E-state index in [-0.39, 0.29) is 11.7 Å². The molecular weight excluding hydrogens is 305 g/mol. The molecule has 0 atom stereocenters. The van der Waals surface area contributed by atoms with Crippen molar-refractivity contribution >= 4 is 20.9 Å². The zero-order chi connectivity index (χ0) is 15.3. The molecule has 0 bridgehead atoms. The van der Waals surface area contributed by atoms with E-state index < -0.39 is 15.6 Å². The number of hydrogen-bond donors (Lipinski definition) is 0. The SMILES string of the molecule is O=S(=O)(Oc1cc(C2CC2)cc2ccccc12)C(F)(F)F. The van der Waals surface area contributed by atoms with E-state index in [2.05, 4.69) is 4.18 Å². The summed E-state index contributed by atoms with van der Waals surface area (Å²) < 4.78 is 64.2. The van der Waals surface area contributed by atoms with Gasteiger partial charge in [0.05, 0.1) is 0 Å². The Bertz CT molecular complexity index is 793. The summed E-state index contributed by atoms with van der Waals surface area (Å²) in [5.74, 6) is -0.00197. The van der Waals surface area contributed by atoms with E-state index in [4.69, 9.17) is 0 Å². The average Bonchev–Trinajstić information content (AvgIpc) is 3.21. The lowest BCUT2D eigenvalue weighted by molar-refractivity contribution is -0.0499. The van der Waals surface area contributed by atoms with Gasteiger partial charge >= 0.3 is 15.6 Å². The fraction of sp³-hybridized carbons (Fsp3) is 0.286. The minimum absolute atomic E-state index is 0.269. The molecule has 3 nitrogen and oxygen atoms in total. The molecule has 0 N–H and O–H groups in total. The summed E-state index contributed by atoms with van der Waals surface area (Å²) in [6.45, 7) is 0. The van der Waals surface area contributed by atoms with E-state index in [0.29, 0.717) is 10.8 Å². The lowest BCUT2D eigenvalue weighted by atomic mass is 10.0. The molecule has 7 heteroatoms. The summed E-state index contributed by atoms with van der Waals surface area (Å²) >= 11 is 0. The quantitative estimate of drug-likeness (QED) is 0.636. The molecule has 21 heavy (non-hydrogen) atoms. The molecule has 112 valence electrons. The molecule has 0 aliphatic heterocycles. The second-order valence-corrected chi connectivity index (χ2v) is 6.54. The Kier molecular flexibility index (Phi) is 3.12. The molecule has 0 heterocycles. The van der Waals surface area contributed by atoms with Crippen molar-refractivity contribution in [3.8, 4) is 5.75 Å². The summed E-state index contributed by atoms with van der Waals surface area (Å²) in [5, 5.41) is 1.00. The van der Waals surface area contributed by atoms with E-state index in [1.165, 1.54) is 12.1 Å². The van der Waals surface area contributed by atoms with Gasteiger partial charge in [0.1, 0.15) is 0 Å². The second-order valence-electron chi connectivity index (χ2n) is 5.00. The maximum atomic E-state index is 12.5. The Hall–Kier alpha value is -1.76. The van der Waals surface area contributed by atoms with Crippen molar-refractivity contribution in [2.24, 2.45) is 0 Å². The van der Waals surface area contributed by atoms with Crippen LogP contribution in [0, 0.1) is 0 Å². The zero-order valence-electron chi connectivity index (χ0n) is 10.7. The summed E-state index contributed by atoms with van der Waals surface area (Å²) in [6.07, 6.45) is 1.90. The van der Waals surface area contributed by atoms with Crippen molar-refractivity contribution in [3.63, 3.8) is 0 Å². The first-order valence-electron chi connectivity index (χ1n) is 6.31. The topological polar surface area (TPSA) is 43.4 Å². The fourth-order valence-corrected chi connectivity index (χ4v) is 2.65. The molecule has 1 aliphatic rings. The summed E-state index contributed by atoms with van der Waals surface area (Å²) in [5.41, 5.74) is -4.63. The van der Waals surface area contributed by atoms with E-state index in [0.717, 1.165) is 18.4 Å². The molecule has 0 saturated heterocycles. The monoisotopic (exact) mass is 316 g/mol. The standard InChI is InChI=1S/C14H11F3O3S/c15-14(16,17)21(18,19)20-13-8-11(9-5-6-9)7-10-3-1-2-4-12(10)13/h1-4,7-9H,5-6H2. The number of fused-ring (bicyclic) bond motifs is 1. The lowest BCUT2D eigenvalue weighted by Crippen LogP contribution is -2.28. The summed E-state index contributed by atoms with van der Waals surface area (Å²) in [6, 6.07) is 9.86. The number of hydrogen-bond acceptors (Lipinski definition) is 3. The highest BCUT2D eigenvalue weighted by Crippen LogP contribution is 2.43. The normalized spacial score (nSPS) is 16.1. The van der Waals surface area contributed by atoms with Crippen LogP contribution in [0.3, 0.4) is 0 Å². The molecule has 0 radical (unpaired) electrons. The van der Waals surface area contributed by atoms with Gasteiger partial charge in [0, 0.05) is 5.39 Å². The molecular formula is C14H11F3O3S. The van der Waals surface area contributed by atoms with Crippen LogP contribution in [0.15, 0.2) is 36.4 Å². The van der Waals surface area contributed by atoms with Crippen molar-refractivity contribution in [1.82, 2.24) is 0 Å². The van der Waals surface area contributed by atoms with Crippen molar-refractivity contribution < 1.29 is 25.8 Å². The van der Waals surface area contributed by atoms with Crippen LogP contribution >= 0.6 is 0 Å². The molecule has 0 aromatic heterocycles. The van der Waals surface area contributed by atoms with Crippen molar-refractivity contribution in [2.75, 3.05) is 0 Å². The van der Waals surface area contributed by atoms with Gasteiger partial charge in [-0.25, -0.2) is 0 Å². The van der Waals surface area contributed by atoms with Gasteiger partial charge in [0.25, 0.3) is 0 Å². The zero-order valence-corrected chi connectivity index (χ0v) is 11.5. The van der Waals surface area contributed by atoms with E-state index in [9.17, 15) is 21.6 Å². The van der Waals surface area contributed by atoms with Crippen molar-refractivity contribution in [1.29, 1.82) is 0 Å². The van der Waals surface area contributed by atoms with Crippen LogP contribution in [-0.4, -0.2) is 13.9 Å². The molecule has 0 spiro atoms. The van der Waals surface area contributed by atoms with Gasteiger partial charge < -0.3 is 4.18 Å². The van der Waals surface area contributed by atoms with Crippen LogP contribution < -0.4 is 4.18 Å². The highest BCUT2D eigenvalue weighted by atomic mass is 32.2. The van der Waals surface area contributed by atoms with Gasteiger partial charge in [-0.15, -0.1) is 0 Å². The first-order chi connectivity index (χ1) is 9.78. The van der Waals surface area contributed by atoms with Gasteiger partial charge in [-0.05, 0) is 35.8 Å². The number of benzene rings is 2. The molecule has 0 amide bonds. The number of rotatable bonds is 3. The molecule has 1 saturated carbocycles. The van der Waals surface area contributed by atoms with Crippen LogP contribution in [0.2, 0.25) is 0 Å². The third-order valence-corrected chi connectivity index (χ3v) is 4.34. The molecule has 2 aromatic rings. The Morgan fingerprint density at radius 2 is 1.76 bits per heavy atom. The number of alkyl halides is 3. The molecule has 2 aromatic carbocycles. The van der Waals surface area contributed by atoms with E-state index in [1.54, 1.807) is 18.2 Å². The molecule has 1 fully saturated rings. The maximum Gasteiger partial charge on any atom is 0.534 e. The van der Waals surface area contributed by atoms with Crippen LogP contribution in [0.5, 0.6) is 5.75 Å². The fourth-order valence-electron chi connectivity index (χ4n) is 2.18. The van der Waals surface area contributed by atoms with Crippen molar-refractivity contribution in [3.05, 3.63) is 42.0 Å². The van der Waals surface area contributed by atoms with Gasteiger partial charge in [-0.1, -0.05) is 30.3 Å². The molecule has 1 aliphatic carbocycles. The van der Waals surface area contributed by atoms with Gasteiger partial charge in [0.2, 0.25) is 0 Å². The lowest BCUT2D eigenvalue weighted by Gasteiger charge is -2.13. The van der Waals surface area contributed by atoms with Crippen LogP contribution in [0.25, 0.3) is 10.8 Å². The smallest absolute Gasteiger partial charge is 0.375 e. The third kappa shape index (κ3) is 2.70. The maximum absolute atomic E-state index is 12.5. The van der Waals surface area contributed by atoms with Gasteiger partial charge in [0.15, 0.2) is 5.75 Å². The third-order valence-electron chi connectivity index (χ3n) is 3.38. The van der Waals surface area contributed by atoms with Crippen molar-refractivity contribution in [2.45, 2.75) is 24.3 Å². The second kappa shape index (κ2) is 4.62. The van der Waals surface area contributed by atoms with Gasteiger partial charge in [-0.2, -0.15) is 21.6 Å². The highest BCUT2D eigenvalue weighted by molar-refractivity contribution is 7.88. The highest BCUT2D eigenvalue weighted by Gasteiger charge is 2.48. The minimum Gasteiger partial charge on any atom is -0.375 e. The largest absolute Gasteiger partial charge is 0.534 e. The minimum atomic E-state index is -5.66. The average molecular weight is 316 g/mol. The first-order valence-corrected chi connectivity index (χ1v) is 7.72. The van der Waals surface area contributed by atoms with Crippen LogP contribution in [0.1, 0.15) is 24.3 Å². The Morgan fingerprint density at radius 3 is 2.38 bits per heavy atom. The summed E-state index contributed by atoms with van der Waals surface area (Å²) in [4.78, 5) is 0. The molecule has 0 unspecified atom stereocenters. The van der Waals surface area contributed by atoms with Crippen LogP contribution in [-0.2, 0) is 10.1 Å². The Balaban J connectivity index is 2.12. The first kappa shape index (κ1) is 14.2. The molecule has 3 rings (SSSR count). The Labute approximate surface area is 119 Å². The van der Waals surface area contributed by atoms with E-state index >= 15 is 0 Å². The van der Waals surface area contributed by atoms with Gasteiger partial charge in [-0.3, -0.25) is 0 Å². The van der Waals surface area contributed by atoms with E-state index in [1.807, 2.05) is 6.07 Å². The Morgan fingerprint density at radius 1 is 1.10 bits per heavy atom. The van der Waals surface area contributed by atoms with Crippen LogP contribution in [0.4, 0.5) is 13.2 Å². The number of halogens is 3.